The first-order valence-electron chi connectivity index (χ1n) is 6.67. The summed E-state index contributed by atoms with van der Waals surface area (Å²) >= 11 is 0. The molecule has 108 valence electrons. The van der Waals surface area contributed by atoms with Crippen molar-refractivity contribution < 1.29 is 4.79 Å². The van der Waals surface area contributed by atoms with Crippen molar-refractivity contribution in [1.82, 2.24) is 34.9 Å². The van der Waals surface area contributed by atoms with Crippen molar-refractivity contribution in [3.05, 3.63) is 42.0 Å². The molecule has 3 aromatic rings. The fourth-order valence-corrected chi connectivity index (χ4v) is 2.03. The van der Waals surface area contributed by atoms with Gasteiger partial charge in [-0.3, -0.25) is 4.79 Å². The van der Waals surface area contributed by atoms with E-state index in [2.05, 4.69) is 30.4 Å². The molecule has 8 heteroatoms. The van der Waals surface area contributed by atoms with Gasteiger partial charge in [0.2, 0.25) is 5.82 Å². The quantitative estimate of drug-likeness (QED) is 0.745. The van der Waals surface area contributed by atoms with Gasteiger partial charge >= 0.3 is 0 Å². The molecule has 0 unspecified atom stereocenters. The topological polar surface area (TPSA) is 101 Å². The first-order valence-corrected chi connectivity index (χ1v) is 6.67. The van der Waals surface area contributed by atoms with E-state index in [1.54, 1.807) is 24.7 Å². The van der Waals surface area contributed by atoms with Gasteiger partial charge in [-0.25, -0.2) is 14.5 Å². The van der Waals surface area contributed by atoms with Crippen LogP contribution >= 0.6 is 0 Å². The summed E-state index contributed by atoms with van der Waals surface area (Å²) < 4.78 is 1.47. The van der Waals surface area contributed by atoms with E-state index in [1.165, 1.54) is 4.52 Å². The number of amides is 1. The number of imidazole rings is 1. The van der Waals surface area contributed by atoms with E-state index in [0.717, 1.165) is 11.5 Å². The molecule has 3 heterocycles. The van der Waals surface area contributed by atoms with Crippen molar-refractivity contribution in [1.29, 1.82) is 0 Å². The van der Waals surface area contributed by atoms with Crippen LogP contribution in [0.3, 0.4) is 0 Å². The lowest BCUT2D eigenvalue weighted by molar-refractivity contribution is 0.0923. The van der Waals surface area contributed by atoms with E-state index in [-0.39, 0.29) is 17.8 Å². The van der Waals surface area contributed by atoms with Gasteiger partial charge in [0.1, 0.15) is 5.82 Å². The Kier molecular flexibility index (Phi) is 3.35. The molecule has 0 aliphatic carbocycles. The van der Waals surface area contributed by atoms with Crippen LogP contribution in [-0.4, -0.2) is 35.5 Å². The lowest BCUT2D eigenvalue weighted by atomic mass is 10.2. The van der Waals surface area contributed by atoms with Gasteiger partial charge in [-0.1, -0.05) is 6.92 Å². The Morgan fingerprint density at radius 3 is 3.00 bits per heavy atom. The summed E-state index contributed by atoms with van der Waals surface area (Å²) in [7, 11) is 0. The number of rotatable bonds is 4. The summed E-state index contributed by atoms with van der Waals surface area (Å²) in [5.41, 5.74) is 0.952. The van der Waals surface area contributed by atoms with Gasteiger partial charge in [0.25, 0.3) is 11.7 Å². The molecule has 0 aliphatic rings. The molecule has 1 amide bonds. The molecular weight excluding hydrogens is 270 g/mol. The molecule has 0 saturated heterocycles. The number of H-pyrrole nitrogens is 1. The third kappa shape index (κ3) is 2.60. The van der Waals surface area contributed by atoms with Crippen molar-refractivity contribution in [3.63, 3.8) is 0 Å². The van der Waals surface area contributed by atoms with Gasteiger partial charge < -0.3 is 10.3 Å². The number of aromatic nitrogens is 6. The molecule has 2 N–H and O–H groups in total. The first kappa shape index (κ1) is 13.2. The lowest BCUT2D eigenvalue weighted by Gasteiger charge is -2.13. The molecule has 0 aromatic carbocycles. The smallest absolute Gasteiger partial charge is 0.291 e. The molecule has 0 bridgehead atoms. The van der Waals surface area contributed by atoms with Gasteiger partial charge in [0.15, 0.2) is 0 Å². The zero-order valence-electron chi connectivity index (χ0n) is 11.7. The van der Waals surface area contributed by atoms with Gasteiger partial charge in [0.05, 0.1) is 6.04 Å². The molecule has 0 radical (unpaired) electrons. The molecule has 0 spiro atoms. The van der Waals surface area contributed by atoms with Crippen LogP contribution in [-0.2, 0) is 0 Å². The van der Waals surface area contributed by atoms with Crippen LogP contribution in [0.2, 0.25) is 0 Å². The van der Waals surface area contributed by atoms with E-state index < -0.39 is 0 Å². The summed E-state index contributed by atoms with van der Waals surface area (Å²) in [6.07, 6.45) is 5.74. The van der Waals surface area contributed by atoms with Crippen molar-refractivity contribution >= 4 is 11.7 Å². The summed E-state index contributed by atoms with van der Waals surface area (Å²) in [5, 5.41) is 6.97. The predicted molar refractivity (Wildman–Crippen MR) is 74.6 cm³/mol. The van der Waals surface area contributed by atoms with E-state index in [1.807, 2.05) is 13.8 Å². The van der Waals surface area contributed by atoms with Crippen LogP contribution < -0.4 is 5.32 Å². The molecule has 3 rings (SSSR count). The molecule has 0 fully saturated rings. The van der Waals surface area contributed by atoms with Gasteiger partial charge in [-0.2, -0.15) is 4.98 Å². The minimum absolute atomic E-state index is 0.0930. The Morgan fingerprint density at radius 1 is 1.48 bits per heavy atom. The minimum Gasteiger partial charge on any atom is -0.344 e. The third-order valence-electron chi connectivity index (χ3n) is 3.09. The second kappa shape index (κ2) is 5.31. The molecular formula is C13H15N7O. The highest BCUT2D eigenvalue weighted by Gasteiger charge is 2.19. The van der Waals surface area contributed by atoms with E-state index in [4.69, 9.17) is 0 Å². The Hall–Kier alpha value is -2.77. The van der Waals surface area contributed by atoms with Crippen LogP contribution in [0, 0.1) is 6.92 Å². The number of nitrogens with zero attached hydrogens (tertiary/aromatic N) is 5. The monoisotopic (exact) mass is 285 g/mol. The maximum absolute atomic E-state index is 12.2. The number of fused-ring (bicyclic) bond motifs is 1. The fraction of sp³-hybridized carbons (Fsp3) is 0.308. The van der Waals surface area contributed by atoms with Crippen LogP contribution in [0.15, 0.2) is 24.7 Å². The molecule has 0 aliphatic heterocycles. The van der Waals surface area contributed by atoms with E-state index in [9.17, 15) is 4.79 Å². The average Bonchev–Trinajstić information content (AvgIpc) is 3.10. The number of nitrogens with one attached hydrogen (secondary N) is 2. The number of carbonyl (C=O) groups is 1. The van der Waals surface area contributed by atoms with Crippen molar-refractivity contribution in [2.24, 2.45) is 0 Å². The van der Waals surface area contributed by atoms with Crippen LogP contribution in [0.4, 0.5) is 0 Å². The second-order valence-electron chi connectivity index (χ2n) is 4.69. The molecule has 8 nitrogen and oxygen atoms in total. The molecule has 1 atom stereocenters. The van der Waals surface area contributed by atoms with Crippen molar-refractivity contribution in [2.75, 3.05) is 0 Å². The first-order chi connectivity index (χ1) is 10.2. The van der Waals surface area contributed by atoms with Gasteiger partial charge in [-0.15, -0.1) is 5.10 Å². The second-order valence-corrected chi connectivity index (χ2v) is 4.69. The Balaban J connectivity index is 1.81. The highest BCUT2D eigenvalue weighted by atomic mass is 16.2. The number of aryl methyl sites for hydroxylation is 1. The Morgan fingerprint density at radius 2 is 2.33 bits per heavy atom. The van der Waals surface area contributed by atoms with Crippen LogP contribution in [0.5, 0.6) is 0 Å². The maximum atomic E-state index is 12.2. The van der Waals surface area contributed by atoms with Crippen LogP contribution in [0.1, 0.15) is 41.5 Å². The van der Waals surface area contributed by atoms with E-state index >= 15 is 0 Å². The highest BCUT2D eigenvalue weighted by molar-refractivity contribution is 5.91. The normalized spacial score (nSPS) is 12.5. The third-order valence-corrected chi connectivity index (χ3v) is 3.09. The average molecular weight is 285 g/mol. The summed E-state index contributed by atoms with van der Waals surface area (Å²) in [5.74, 6) is 0.867. The molecule has 3 aromatic heterocycles. The summed E-state index contributed by atoms with van der Waals surface area (Å²) in [4.78, 5) is 27.8. The largest absolute Gasteiger partial charge is 0.344 e. The van der Waals surface area contributed by atoms with Gasteiger partial charge in [-0.05, 0) is 19.4 Å². The standard InChI is InChI=1S/C13H15N7O/c1-3-9(10-15-7-8(2)16-10)17-12(21)11-18-13-14-5-4-6-20(13)19-11/h4-7,9H,3H2,1-2H3,(H,15,16)(H,17,21)/t9-/m0/s1. The summed E-state index contributed by atoms with van der Waals surface area (Å²) in [6.45, 7) is 3.89. The minimum atomic E-state index is -0.346. The van der Waals surface area contributed by atoms with Gasteiger partial charge in [0, 0.05) is 24.3 Å². The fourth-order valence-electron chi connectivity index (χ4n) is 2.03. The Labute approximate surface area is 120 Å². The highest BCUT2D eigenvalue weighted by Crippen LogP contribution is 2.13. The van der Waals surface area contributed by atoms with Crippen molar-refractivity contribution in [3.8, 4) is 0 Å². The SMILES string of the molecule is CC[C@H](NC(=O)c1nc2ncccn2n1)c1ncc(C)[nH]1. The van der Waals surface area contributed by atoms with E-state index in [0.29, 0.717) is 12.2 Å². The number of hydrogen-bond acceptors (Lipinski definition) is 5. The predicted octanol–water partition coefficient (Wildman–Crippen LogP) is 1.04. The van der Waals surface area contributed by atoms with Crippen molar-refractivity contribution in [2.45, 2.75) is 26.3 Å². The molecule has 0 saturated carbocycles. The molecule has 21 heavy (non-hydrogen) atoms. The van der Waals surface area contributed by atoms with Crippen LogP contribution in [0.25, 0.3) is 5.78 Å². The maximum Gasteiger partial charge on any atom is 0.291 e. The number of aromatic amines is 1. The Bertz CT molecular complexity index is 743. The zero-order chi connectivity index (χ0) is 14.8. The summed E-state index contributed by atoms with van der Waals surface area (Å²) in [6, 6.07) is 1.52. The number of hydrogen-bond donors (Lipinski definition) is 2. The number of carbonyl (C=O) groups excluding carboxylic acids is 1. The zero-order valence-corrected chi connectivity index (χ0v) is 11.7. The lowest BCUT2D eigenvalue weighted by Crippen LogP contribution is -2.29.